The van der Waals surface area contributed by atoms with Crippen LogP contribution in [0.4, 0.5) is 0 Å². The Morgan fingerprint density at radius 3 is 2.86 bits per heavy atom. The summed E-state index contributed by atoms with van der Waals surface area (Å²) < 4.78 is 0. The van der Waals surface area contributed by atoms with Gasteiger partial charge in [-0.2, -0.15) is 0 Å². The number of hydrogen-bond donors (Lipinski definition) is 0. The molecule has 0 saturated heterocycles. The smallest absolute Gasteiger partial charge is 0.113 e. The molecule has 1 aromatic heterocycles. The van der Waals surface area contributed by atoms with Gasteiger partial charge in [-0.3, -0.25) is 0 Å². The molecular formula is C13H17N. The van der Waals surface area contributed by atoms with Crippen molar-refractivity contribution in [2.24, 2.45) is 0 Å². The van der Waals surface area contributed by atoms with Crippen LogP contribution >= 0.6 is 0 Å². The average Bonchev–Trinajstić information content (AvgIpc) is 2.18. The zero-order valence-electron chi connectivity index (χ0n) is 9.01. The lowest BCUT2D eigenvalue weighted by molar-refractivity contribution is 0.737. The highest BCUT2D eigenvalue weighted by molar-refractivity contribution is 5.28. The first-order valence-corrected chi connectivity index (χ1v) is 5.25. The van der Waals surface area contributed by atoms with Crippen LogP contribution in [-0.2, 0) is 0 Å². The summed E-state index contributed by atoms with van der Waals surface area (Å²) in [5.74, 6) is 6.23. The minimum absolute atomic E-state index is 0.890. The van der Waals surface area contributed by atoms with Gasteiger partial charge in [0.15, 0.2) is 0 Å². The molecule has 1 rings (SSSR count). The molecule has 0 unspecified atom stereocenters. The van der Waals surface area contributed by atoms with E-state index in [4.69, 9.17) is 0 Å². The summed E-state index contributed by atoms with van der Waals surface area (Å²) in [6, 6.07) is 5.94. The molecule has 0 aromatic carbocycles. The van der Waals surface area contributed by atoms with Gasteiger partial charge in [-0.05, 0) is 31.4 Å². The van der Waals surface area contributed by atoms with Crippen LogP contribution in [0.15, 0.2) is 18.2 Å². The fourth-order valence-corrected chi connectivity index (χ4v) is 1.23. The quantitative estimate of drug-likeness (QED) is 0.522. The average molecular weight is 187 g/mol. The van der Waals surface area contributed by atoms with Crippen molar-refractivity contribution in [2.45, 2.75) is 39.5 Å². The van der Waals surface area contributed by atoms with Gasteiger partial charge in [0.05, 0.1) is 0 Å². The van der Waals surface area contributed by atoms with Crippen LogP contribution in [-0.4, -0.2) is 4.98 Å². The molecule has 0 aliphatic heterocycles. The third-order valence-corrected chi connectivity index (χ3v) is 2.01. The topological polar surface area (TPSA) is 12.9 Å². The zero-order chi connectivity index (χ0) is 10.2. The van der Waals surface area contributed by atoms with Crippen molar-refractivity contribution >= 4 is 0 Å². The largest absolute Gasteiger partial charge is 0.245 e. The normalized spacial score (nSPS) is 9.29. The van der Waals surface area contributed by atoms with Crippen LogP contribution in [0, 0.1) is 18.8 Å². The van der Waals surface area contributed by atoms with Crippen molar-refractivity contribution in [3.8, 4) is 11.8 Å². The molecule has 1 aromatic rings. The van der Waals surface area contributed by atoms with E-state index in [0.29, 0.717) is 0 Å². The van der Waals surface area contributed by atoms with E-state index in [0.717, 1.165) is 17.8 Å². The first-order chi connectivity index (χ1) is 6.83. The van der Waals surface area contributed by atoms with Crippen LogP contribution < -0.4 is 0 Å². The van der Waals surface area contributed by atoms with E-state index >= 15 is 0 Å². The van der Waals surface area contributed by atoms with Crippen molar-refractivity contribution in [2.75, 3.05) is 0 Å². The van der Waals surface area contributed by atoms with Gasteiger partial charge in [0.25, 0.3) is 0 Å². The predicted molar refractivity (Wildman–Crippen MR) is 60.0 cm³/mol. The van der Waals surface area contributed by atoms with Gasteiger partial charge in [0.2, 0.25) is 0 Å². The Kier molecular flexibility index (Phi) is 4.78. The van der Waals surface area contributed by atoms with Crippen LogP contribution in [0.5, 0.6) is 0 Å². The third kappa shape index (κ3) is 4.09. The Labute approximate surface area is 86.6 Å². The predicted octanol–water partition coefficient (Wildman–Crippen LogP) is 3.32. The summed E-state index contributed by atoms with van der Waals surface area (Å²) >= 11 is 0. The zero-order valence-corrected chi connectivity index (χ0v) is 9.01. The van der Waals surface area contributed by atoms with Crippen molar-refractivity contribution in [1.29, 1.82) is 0 Å². The Morgan fingerprint density at radius 2 is 2.14 bits per heavy atom. The van der Waals surface area contributed by atoms with E-state index < -0.39 is 0 Å². The monoisotopic (exact) mass is 187 g/mol. The van der Waals surface area contributed by atoms with Gasteiger partial charge in [-0.25, -0.2) is 4.98 Å². The molecule has 0 fully saturated rings. The van der Waals surface area contributed by atoms with Crippen molar-refractivity contribution in [1.82, 2.24) is 4.98 Å². The molecule has 0 bridgehead atoms. The lowest BCUT2D eigenvalue weighted by Crippen LogP contribution is -1.84. The van der Waals surface area contributed by atoms with Crippen molar-refractivity contribution in [3.63, 3.8) is 0 Å². The van der Waals surface area contributed by atoms with Crippen LogP contribution in [0.3, 0.4) is 0 Å². The summed E-state index contributed by atoms with van der Waals surface area (Å²) in [6.07, 6.45) is 4.72. The molecule has 0 spiro atoms. The molecular weight excluding hydrogens is 170 g/mol. The minimum atomic E-state index is 0.890. The van der Waals surface area contributed by atoms with E-state index in [1.54, 1.807) is 0 Å². The SMILES string of the molecule is CCCCCC#Cc1cccc(C)n1. The number of rotatable bonds is 3. The van der Waals surface area contributed by atoms with Crippen molar-refractivity contribution in [3.05, 3.63) is 29.6 Å². The fraction of sp³-hybridized carbons (Fsp3) is 0.462. The molecule has 0 radical (unpaired) electrons. The van der Waals surface area contributed by atoms with E-state index in [-0.39, 0.29) is 0 Å². The van der Waals surface area contributed by atoms with Crippen LogP contribution in [0.1, 0.15) is 44.0 Å². The highest BCUT2D eigenvalue weighted by Crippen LogP contribution is 1.99. The number of hydrogen-bond acceptors (Lipinski definition) is 1. The number of aryl methyl sites for hydroxylation is 1. The van der Waals surface area contributed by atoms with E-state index in [1.807, 2.05) is 25.1 Å². The second kappa shape index (κ2) is 6.21. The van der Waals surface area contributed by atoms with Gasteiger partial charge in [-0.15, -0.1) is 0 Å². The Balaban J connectivity index is 2.43. The lowest BCUT2D eigenvalue weighted by Gasteiger charge is -1.92. The molecule has 1 heteroatoms. The first-order valence-electron chi connectivity index (χ1n) is 5.25. The second-order valence-corrected chi connectivity index (χ2v) is 3.42. The molecule has 0 aliphatic carbocycles. The van der Waals surface area contributed by atoms with Gasteiger partial charge >= 0.3 is 0 Å². The minimum Gasteiger partial charge on any atom is -0.245 e. The summed E-state index contributed by atoms with van der Waals surface area (Å²) in [5, 5.41) is 0. The van der Waals surface area contributed by atoms with Gasteiger partial charge in [0.1, 0.15) is 5.69 Å². The summed E-state index contributed by atoms with van der Waals surface area (Å²) in [7, 11) is 0. The number of pyridine rings is 1. The first kappa shape index (κ1) is 10.8. The molecule has 0 amide bonds. The van der Waals surface area contributed by atoms with Crippen LogP contribution in [0.2, 0.25) is 0 Å². The number of unbranched alkanes of at least 4 members (excludes halogenated alkanes) is 3. The Morgan fingerprint density at radius 1 is 1.29 bits per heavy atom. The Bertz CT molecular complexity index is 331. The van der Waals surface area contributed by atoms with E-state index in [1.165, 1.54) is 19.3 Å². The maximum absolute atomic E-state index is 4.32. The van der Waals surface area contributed by atoms with Gasteiger partial charge < -0.3 is 0 Å². The lowest BCUT2D eigenvalue weighted by atomic mass is 10.2. The molecule has 74 valence electrons. The second-order valence-electron chi connectivity index (χ2n) is 3.42. The molecule has 1 nitrogen and oxygen atoms in total. The molecule has 0 atom stereocenters. The summed E-state index contributed by atoms with van der Waals surface area (Å²) in [4.78, 5) is 4.32. The van der Waals surface area contributed by atoms with Crippen molar-refractivity contribution < 1.29 is 0 Å². The number of aromatic nitrogens is 1. The van der Waals surface area contributed by atoms with Gasteiger partial charge in [0, 0.05) is 12.1 Å². The molecule has 14 heavy (non-hydrogen) atoms. The van der Waals surface area contributed by atoms with E-state index in [9.17, 15) is 0 Å². The van der Waals surface area contributed by atoms with E-state index in [2.05, 4.69) is 23.7 Å². The summed E-state index contributed by atoms with van der Waals surface area (Å²) in [5.41, 5.74) is 1.92. The number of nitrogens with zero attached hydrogens (tertiary/aromatic N) is 1. The molecule has 0 N–H and O–H groups in total. The maximum Gasteiger partial charge on any atom is 0.113 e. The highest BCUT2D eigenvalue weighted by atomic mass is 14.7. The fourth-order valence-electron chi connectivity index (χ4n) is 1.23. The highest BCUT2D eigenvalue weighted by Gasteiger charge is 1.87. The maximum atomic E-state index is 4.32. The van der Waals surface area contributed by atoms with Crippen LogP contribution in [0.25, 0.3) is 0 Å². The molecule has 1 heterocycles. The molecule has 0 saturated carbocycles. The third-order valence-electron chi connectivity index (χ3n) is 2.01. The molecule has 0 aliphatic rings. The van der Waals surface area contributed by atoms with Gasteiger partial charge in [-0.1, -0.05) is 31.8 Å². The Hall–Kier alpha value is -1.29. The standard InChI is InChI=1S/C13H17N/c1-3-4-5-6-7-10-13-11-8-9-12(2)14-13/h8-9,11H,3-6H2,1-2H3. The summed E-state index contributed by atoms with van der Waals surface area (Å²) in [6.45, 7) is 4.19.